The molecule has 0 aliphatic rings. The smallest absolute Gasteiger partial charge is 0.217 e. The van der Waals surface area contributed by atoms with Crippen LogP contribution in [0.3, 0.4) is 0 Å². The first-order valence-electron chi connectivity index (χ1n) is 6.14. The average Bonchev–Trinajstić information content (AvgIpc) is 2.29. The summed E-state index contributed by atoms with van der Waals surface area (Å²) in [6.45, 7) is 3.87. The zero-order chi connectivity index (χ0) is 13.6. The van der Waals surface area contributed by atoms with E-state index in [2.05, 4.69) is 12.2 Å². The van der Waals surface area contributed by atoms with E-state index in [4.69, 9.17) is 0 Å². The lowest BCUT2D eigenvalue weighted by molar-refractivity contribution is 0.519. The predicted octanol–water partition coefficient (Wildman–Crippen LogP) is 1.58. The number of hydrogen-bond donors (Lipinski definition) is 1. The van der Waals surface area contributed by atoms with Crippen LogP contribution in [0.5, 0.6) is 0 Å². The van der Waals surface area contributed by atoms with Gasteiger partial charge in [0.05, 0.1) is 5.75 Å². The van der Waals surface area contributed by atoms with Crippen molar-refractivity contribution in [3.63, 3.8) is 0 Å². The number of nitrogens with one attached hydrogen (secondary N) is 1. The van der Waals surface area contributed by atoms with E-state index in [0.29, 0.717) is 0 Å². The second kappa shape index (κ2) is 6.87. The molecule has 1 rings (SSSR count). The number of benzene rings is 1. The van der Waals surface area contributed by atoms with Crippen molar-refractivity contribution in [3.05, 3.63) is 35.4 Å². The molecular weight excluding hydrogens is 248 g/mol. The Labute approximate surface area is 110 Å². The first-order valence-corrected chi connectivity index (χ1v) is 7.75. The summed E-state index contributed by atoms with van der Waals surface area (Å²) < 4.78 is 24.8. The van der Waals surface area contributed by atoms with E-state index in [1.54, 1.807) is 14.1 Å². The fourth-order valence-electron chi connectivity index (χ4n) is 1.58. The lowest BCUT2D eigenvalue weighted by atomic mass is 10.1. The molecular formula is C13H22N2O2S. The summed E-state index contributed by atoms with van der Waals surface area (Å²) in [5, 5.41) is 3.30. The summed E-state index contributed by atoms with van der Waals surface area (Å²) in [4.78, 5) is 0. The third-order valence-corrected chi connectivity index (χ3v) is 4.46. The Morgan fingerprint density at radius 3 is 2.50 bits per heavy atom. The largest absolute Gasteiger partial charge is 0.313 e. The Morgan fingerprint density at radius 2 is 1.89 bits per heavy atom. The summed E-state index contributed by atoms with van der Waals surface area (Å²) in [6.07, 6.45) is 1.09. The van der Waals surface area contributed by atoms with Gasteiger partial charge in [0.15, 0.2) is 0 Å². The highest BCUT2D eigenvalue weighted by atomic mass is 32.2. The van der Waals surface area contributed by atoms with Gasteiger partial charge < -0.3 is 5.32 Å². The second-order valence-corrected chi connectivity index (χ2v) is 6.72. The van der Waals surface area contributed by atoms with E-state index in [1.807, 2.05) is 24.3 Å². The van der Waals surface area contributed by atoms with Crippen molar-refractivity contribution in [3.8, 4) is 0 Å². The Balaban J connectivity index is 2.71. The van der Waals surface area contributed by atoms with E-state index in [1.165, 1.54) is 4.31 Å². The monoisotopic (exact) mass is 270 g/mol. The molecule has 1 aromatic rings. The summed E-state index contributed by atoms with van der Waals surface area (Å²) in [7, 11) is -0.0652. The van der Waals surface area contributed by atoms with Crippen molar-refractivity contribution >= 4 is 10.0 Å². The number of sulfonamides is 1. The third-order valence-electron chi connectivity index (χ3n) is 2.65. The molecule has 0 bridgehead atoms. The van der Waals surface area contributed by atoms with Gasteiger partial charge in [0, 0.05) is 20.6 Å². The van der Waals surface area contributed by atoms with Gasteiger partial charge in [-0.1, -0.05) is 31.2 Å². The second-order valence-electron chi connectivity index (χ2n) is 4.54. The number of rotatable bonds is 7. The Kier molecular flexibility index (Phi) is 5.78. The molecule has 4 nitrogen and oxygen atoms in total. The molecule has 0 spiro atoms. The molecule has 5 heteroatoms. The van der Waals surface area contributed by atoms with E-state index >= 15 is 0 Å². The quantitative estimate of drug-likeness (QED) is 0.765. The van der Waals surface area contributed by atoms with E-state index in [0.717, 1.165) is 30.6 Å². The van der Waals surface area contributed by atoms with Crippen LogP contribution in [0, 0.1) is 0 Å². The third kappa shape index (κ3) is 4.76. The van der Waals surface area contributed by atoms with Gasteiger partial charge in [-0.15, -0.1) is 0 Å². The topological polar surface area (TPSA) is 49.4 Å². The van der Waals surface area contributed by atoms with Gasteiger partial charge in [0.2, 0.25) is 10.0 Å². The first-order chi connectivity index (χ1) is 8.45. The molecule has 0 saturated carbocycles. The van der Waals surface area contributed by atoms with Gasteiger partial charge in [0.25, 0.3) is 0 Å². The zero-order valence-electron chi connectivity index (χ0n) is 11.3. The molecule has 1 aromatic carbocycles. The van der Waals surface area contributed by atoms with Crippen LogP contribution in [0.25, 0.3) is 0 Å². The molecule has 0 amide bonds. The summed E-state index contributed by atoms with van der Waals surface area (Å²) in [6, 6.07) is 7.71. The maximum Gasteiger partial charge on any atom is 0.217 e. The fraction of sp³-hybridized carbons (Fsp3) is 0.538. The van der Waals surface area contributed by atoms with Crippen LogP contribution in [-0.2, 0) is 22.3 Å². The highest BCUT2D eigenvalue weighted by molar-refractivity contribution is 7.88. The lowest BCUT2D eigenvalue weighted by Gasteiger charge is -2.12. The molecule has 0 aromatic heterocycles. The number of hydrogen-bond acceptors (Lipinski definition) is 3. The van der Waals surface area contributed by atoms with Crippen molar-refractivity contribution in [2.24, 2.45) is 0 Å². The van der Waals surface area contributed by atoms with Gasteiger partial charge in [-0.3, -0.25) is 0 Å². The van der Waals surface area contributed by atoms with Crippen LogP contribution in [0.2, 0.25) is 0 Å². The minimum absolute atomic E-state index is 0.0572. The molecule has 0 aliphatic heterocycles. The molecule has 0 fully saturated rings. The summed E-state index contributed by atoms with van der Waals surface area (Å²) in [5.74, 6) is 0.0572. The molecule has 0 saturated heterocycles. The molecule has 0 radical (unpaired) electrons. The van der Waals surface area contributed by atoms with Gasteiger partial charge in [-0.05, 0) is 24.1 Å². The normalized spacial score (nSPS) is 12.0. The van der Waals surface area contributed by atoms with Crippen molar-refractivity contribution in [1.82, 2.24) is 9.62 Å². The SMILES string of the molecule is CCCNCc1cccc(CS(=O)(=O)N(C)C)c1. The number of nitrogens with zero attached hydrogens (tertiary/aromatic N) is 1. The zero-order valence-corrected chi connectivity index (χ0v) is 12.1. The maximum absolute atomic E-state index is 11.8. The van der Waals surface area contributed by atoms with Gasteiger partial charge in [-0.2, -0.15) is 0 Å². The maximum atomic E-state index is 11.8. The predicted molar refractivity (Wildman–Crippen MR) is 74.8 cm³/mol. The molecule has 0 atom stereocenters. The van der Waals surface area contributed by atoms with Crippen molar-refractivity contribution in [1.29, 1.82) is 0 Å². The Morgan fingerprint density at radius 1 is 1.22 bits per heavy atom. The van der Waals surface area contributed by atoms with Crippen LogP contribution in [0.15, 0.2) is 24.3 Å². The summed E-state index contributed by atoms with van der Waals surface area (Å²) in [5.41, 5.74) is 1.95. The highest BCUT2D eigenvalue weighted by Gasteiger charge is 2.14. The van der Waals surface area contributed by atoms with Crippen molar-refractivity contribution in [2.75, 3.05) is 20.6 Å². The van der Waals surface area contributed by atoms with Gasteiger partial charge >= 0.3 is 0 Å². The van der Waals surface area contributed by atoms with Gasteiger partial charge in [0.1, 0.15) is 0 Å². The molecule has 102 valence electrons. The molecule has 0 aliphatic carbocycles. The Hall–Kier alpha value is -0.910. The van der Waals surface area contributed by atoms with Crippen LogP contribution in [0.4, 0.5) is 0 Å². The minimum Gasteiger partial charge on any atom is -0.313 e. The van der Waals surface area contributed by atoms with Gasteiger partial charge in [-0.25, -0.2) is 12.7 Å². The molecule has 0 heterocycles. The van der Waals surface area contributed by atoms with E-state index in [-0.39, 0.29) is 5.75 Å². The molecule has 1 N–H and O–H groups in total. The first kappa shape index (κ1) is 15.1. The minimum atomic E-state index is -3.18. The van der Waals surface area contributed by atoms with Crippen LogP contribution in [-0.4, -0.2) is 33.4 Å². The van der Waals surface area contributed by atoms with Crippen LogP contribution < -0.4 is 5.32 Å². The van der Waals surface area contributed by atoms with Crippen LogP contribution >= 0.6 is 0 Å². The summed E-state index contributed by atoms with van der Waals surface area (Å²) >= 11 is 0. The molecule has 0 unspecified atom stereocenters. The Bertz CT molecular complexity index is 470. The lowest BCUT2D eigenvalue weighted by Crippen LogP contribution is -2.23. The standard InChI is InChI=1S/C13H22N2O2S/c1-4-8-14-10-12-6-5-7-13(9-12)11-18(16,17)15(2)3/h5-7,9,14H,4,8,10-11H2,1-3H3. The fourth-order valence-corrected chi connectivity index (χ4v) is 2.44. The van der Waals surface area contributed by atoms with E-state index < -0.39 is 10.0 Å². The van der Waals surface area contributed by atoms with Crippen molar-refractivity contribution in [2.45, 2.75) is 25.6 Å². The highest BCUT2D eigenvalue weighted by Crippen LogP contribution is 2.10. The average molecular weight is 270 g/mol. The van der Waals surface area contributed by atoms with E-state index in [9.17, 15) is 8.42 Å². The van der Waals surface area contributed by atoms with Crippen molar-refractivity contribution < 1.29 is 8.42 Å². The molecule has 18 heavy (non-hydrogen) atoms. The van der Waals surface area contributed by atoms with Crippen LogP contribution in [0.1, 0.15) is 24.5 Å².